The number of benzene rings is 4. The molecule has 0 spiro atoms. The number of hydrogen-bond acceptors (Lipinski definition) is 2. The van der Waals surface area contributed by atoms with Crippen molar-refractivity contribution in [3.8, 4) is 39.6 Å². The summed E-state index contributed by atoms with van der Waals surface area (Å²) >= 11 is 0. The Balaban J connectivity index is 1.68. The molecule has 3 heteroatoms. The van der Waals surface area contributed by atoms with Crippen LogP contribution in [-0.2, 0) is 11.8 Å². The van der Waals surface area contributed by atoms with Gasteiger partial charge in [0.15, 0.2) is 11.6 Å². The van der Waals surface area contributed by atoms with E-state index in [2.05, 4.69) is 129 Å². The third kappa shape index (κ3) is 4.54. The Kier molecular flexibility index (Phi) is 6.08. The first-order valence-corrected chi connectivity index (χ1v) is 12.3. The second-order valence-corrected chi connectivity index (χ2v) is 9.94. The lowest BCUT2D eigenvalue weighted by Crippen LogP contribution is -2.14. The fraction of sp³-hybridized carbons (Fsp3) is 0.188. The van der Waals surface area contributed by atoms with E-state index in [1.54, 1.807) is 0 Å². The molecule has 0 saturated carbocycles. The molecular formula is C32H31N3. The molecule has 0 bridgehead atoms. The van der Waals surface area contributed by atoms with Crippen molar-refractivity contribution in [2.75, 3.05) is 0 Å². The van der Waals surface area contributed by atoms with Crippen LogP contribution in [0.5, 0.6) is 0 Å². The predicted molar refractivity (Wildman–Crippen MR) is 146 cm³/mol. The van der Waals surface area contributed by atoms with E-state index < -0.39 is 0 Å². The number of nitrogens with zero attached hydrogens (tertiary/aromatic N) is 3. The van der Waals surface area contributed by atoms with Gasteiger partial charge in [0.25, 0.3) is 0 Å². The molecule has 0 fully saturated rings. The van der Waals surface area contributed by atoms with Crippen LogP contribution >= 0.6 is 0 Å². The first-order chi connectivity index (χ1) is 17.0. The Morgan fingerprint density at radius 1 is 0.600 bits per heavy atom. The van der Waals surface area contributed by atoms with E-state index in [-0.39, 0.29) is 5.41 Å². The Labute approximate surface area is 208 Å². The molecule has 0 aliphatic carbocycles. The molecule has 0 N–H and O–H groups in total. The van der Waals surface area contributed by atoms with Crippen LogP contribution in [0.1, 0.15) is 38.8 Å². The Morgan fingerprint density at radius 3 is 1.83 bits per heavy atom. The molecule has 3 nitrogen and oxygen atoms in total. The van der Waals surface area contributed by atoms with Crippen LogP contribution in [0.15, 0.2) is 103 Å². The smallest absolute Gasteiger partial charge is 0.169 e. The minimum absolute atomic E-state index is 0.0169. The van der Waals surface area contributed by atoms with Gasteiger partial charge in [-0.25, -0.2) is 0 Å². The zero-order valence-electron chi connectivity index (χ0n) is 20.9. The maximum Gasteiger partial charge on any atom is 0.169 e. The van der Waals surface area contributed by atoms with Gasteiger partial charge in [-0.05, 0) is 46.2 Å². The van der Waals surface area contributed by atoms with E-state index in [1.165, 1.54) is 22.3 Å². The average molecular weight is 458 g/mol. The number of aryl methyl sites for hydroxylation is 1. The molecule has 0 aliphatic rings. The van der Waals surface area contributed by atoms with Crippen LogP contribution in [0.25, 0.3) is 39.6 Å². The molecule has 0 unspecified atom stereocenters. The fourth-order valence-corrected chi connectivity index (χ4v) is 4.55. The van der Waals surface area contributed by atoms with E-state index in [0.717, 1.165) is 34.9 Å². The number of aromatic nitrogens is 3. The summed E-state index contributed by atoms with van der Waals surface area (Å²) in [5, 5.41) is 9.47. The van der Waals surface area contributed by atoms with E-state index in [0.29, 0.717) is 0 Å². The zero-order chi connectivity index (χ0) is 24.4. The molecule has 5 aromatic rings. The van der Waals surface area contributed by atoms with Gasteiger partial charge in [-0.15, -0.1) is 10.2 Å². The van der Waals surface area contributed by atoms with E-state index in [1.807, 2.05) is 6.07 Å². The normalized spacial score (nSPS) is 11.5. The van der Waals surface area contributed by atoms with Gasteiger partial charge in [0.1, 0.15) is 0 Å². The van der Waals surface area contributed by atoms with E-state index in [4.69, 9.17) is 10.2 Å². The van der Waals surface area contributed by atoms with Crippen molar-refractivity contribution in [3.05, 3.63) is 114 Å². The van der Waals surface area contributed by atoms with Crippen LogP contribution in [0.2, 0.25) is 0 Å². The van der Waals surface area contributed by atoms with Crippen molar-refractivity contribution in [2.24, 2.45) is 0 Å². The zero-order valence-corrected chi connectivity index (χ0v) is 20.9. The molecule has 174 valence electrons. The summed E-state index contributed by atoms with van der Waals surface area (Å²) in [6.07, 6.45) is 1.01. The highest BCUT2D eigenvalue weighted by Crippen LogP contribution is 2.35. The van der Waals surface area contributed by atoms with Gasteiger partial charge < -0.3 is 0 Å². The lowest BCUT2D eigenvalue weighted by molar-refractivity contribution is 0.591. The molecule has 4 aromatic carbocycles. The molecule has 0 radical (unpaired) electrons. The third-order valence-electron chi connectivity index (χ3n) is 6.49. The lowest BCUT2D eigenvalue weighted by Gasteiger charge is -2.23. The lowest BCUT2D eigenvalue weighted by atomic mass is 9.83. The first kappa shape index (κ1) is 22.8. The van der Waals surface area contributed by atoms with Gasteiger partial charge in [0, 0.05) is 16.8 Å². The van der Waals surface area contributed by atoms with E-state index in [9.17, 15) is 0 Å². The summed E-state index contributed by atoms with van der Waals surface area (Å²) in [5.41, 5.74) is 8.15. The largest absolute Gasteiger partial charge is 0.275 e. The maximum absolute atomic E-state index is 4.75. The van der Waals surface area contributed by atoms with Crippen LogP contribution in [0, 0.1) is 0 Å². The summed E-state index contributed by atoms with van der Waals surface area (Å²) in [6.45, 7) is 8.90. The Morgan fingerprint density at radius 2 is 1.17 bits per heavy atom. The van der Waals surface area contributed by atoms with Gasteiger partial charge >= 0.3 is 0 Å². The highest BCUT2D eigenvalue weighted by atomic mass is 15.3. The molecule has 0 aliphatic heterocycles. The summed E-state index contributed by atoms with van der Waals surface area (Å²) in [7, 11) is 0. The summed E-state index contributed by atoms with van der Waals surface area (Å²) in [6, 6.07) is 36.3. The molecule has 0 saturated heterocycles. The van der Waals surface area contributed by atoms with Gasteiger partial charge in [-0.3, -0.25) is 4.57 Å². The van der Waals surface area contributed by atoms with Crippen molar-refractivity contribution in [1.29, 1.82) is 0 Å². The topological polar surface area (TPSA) is 30.7 Å². The number of rotatable bonds is 5. The average Bonchev–Trinajstić information content (AvgIpc) is 3.34. The van der Waals surface area contributed by atoms with Crippen molar-refractivity contribution >= 4 is 0 Å². The highest BCUT2D eigenvalue weighted by Gasteiger charge is 2.24. The summed E-state index contributed by atoms with van der Waals surface area (Å²) < 4.78 is 2.20. The molecule has 5 rings (SSSR count). The molecular weight excluding hydrogens is 426 g/mol. The van der Waals surface area contributed by atoms with Gasteiger partial charge in [-0.2, -0.15) is 0 Å². The van der Waals surface area contributed by atoms with Crippen molar-refractivity contribution in [1.82, 2.24) is 14.8 Å². The predicted octanol–water partition coefficient (Wildman–Crippen LogP) is 8.13. The van der Waals surface area contributed by atoms with Crippen LogP contribution in [0.4, 0.5) is 0 Å². The molecule has 35 heavy (non-hydrogen) atoms. The van der Waals surface area contributed by atoms with Gasteiger partial charge in [-0.1, -0.05) is 119 Å². The van der Waals surface area contributed by atoms with Crippen molar-refractivity contribution in [3.63, 3.8) is 0 Å². The molecule has 1 heterocycles. The first-order valence-electron chi connectivity index (χ1n) is 12.3. The molecule has 1 aromatic heterocycles. The minimum atomic E-state index is -0.0169. The SMILES string of the molecule is CCc1ccc(-n2c(-c3ccc(-c4ccccc4)cc3)nnc2-c2ccccc2C(C)(C)C)cc1. The minimum Gasteiger partial charge on any atom is -0.275 e. The second-order valence-electron chi connectivity index (χ2n) is 9.94. The fourth-order valence-electron chi connectivity index (χ4n) is 4.55. The van der Waals surface area contributed by atoms with Crippen LogP contribution in [0.3, 0.4) is 0 Å². The van der Waals surface area contributed by atoms with Crippen molar-refractivity contribution in [2.45, 2.75) is 39.5 Å². The van der Waals surface area contributed by atoms with Crippen LogP contribution in [-0.4, -0.2) is 14.8 Å². The third-order valence-corrected chi connectivity index (χ3v) is 6.49. The Bertz CT molecular complexity index is 1420. The second kappa shape index (κ2) is 9.34. The standard InChI is InChI=1S/C32H31N3/c1-5-23-15-21-27(22-16-23)35-30(26-19-17-25(18-20-26)24-11-7-6-8-12-24)33-34-31(35)28-13-9-10-14-29(28)32(2,3)4/h6-22H,5H2,1-4H3. The van der Waals surface area contributed by atoms with Gasteiger partial charge in [0.05, 0.1) is 0 Å². The van der Waals surface area contributed by atoms with Gasteiger partial charge in [0.2, 0.25) is 0 Å². The maximum atomic E-state index is 4.75. The highest BCUT2D eigenvalue weighted by molar-refractivity contribution is 5.72. The van der Waals surface area contributed by atoms with E-state index >= 15 is 0 Å². The summed E-state index contributed by atoms with van der Waals surface area (Å²) in [5.74, 6) is 1.70. The number of hydrogen-bond donors (Lipinski definition) is 0. The Hall–Kier alpha value is -3.98. The summed E-state index contributed by atoms with van der Waals surface area (Å²) in [4.78, 5) is 0. The van der Waals surface area contributed by atoms with Crippen LogP contribution < -0.4 is 0 Å². The molecule has 0 atom stereocenters. The monoisotopic (exact) mass is 457 g/mol. The quantitative estimate of drug-likeness (QED) is 0.267. The molecule has 0 amide bonds. The van der Waals surface area contributed by atoms with Crippen molar-refractivity contribution < 1.29 is 0 Å².